The summed E-state index contributed by atoms with van der Waals surface area (Å²) in [6.45, 7) is 4.97. The summed E-state index contributed by atoms with van der Waals surface area (Å²) in [5.74, 6) is -1.33. The van der Waals surface area contributed by atoms with Crippen molar-refractivity contribution in [3.63, 3.8) is 0 Å². The van der Waals surface area contributed by atoms with E-state index in [1.54, 1.807) is 20.8 Å². The lowest BCUT2D eigenvalue weighted by Gasteiger charge is -2.06. The van der Waals surface area contributed by atoms with E-state index >= 15 is 0 Å². The number of anilines is 1. The third kappa shape index (κ3) is 3.87. The molecule has 0 saturated carbocycles. The highest BCUT2D eigenvalue weighted by atomic mass is 32.1. The number of esters is 1. The van der Waals surface area contributed by atoms with Crippen LogP contribution in [0.15, 0.2) is 24.3 Å². The topological polar surface area (TPSA) is 122 Å². The molecule has 0 aliphatic rings. The number of nitro groups is 1. The Morgan fingerprint density at radius 3 is 2.58 bits per heavy atom. The predicted molar refractivity (Wildman–Crippen MR) is 95.4 cm³/mol. The van der Waals surface area contributed by atoms with Gasteiger partial charge in [0.1, 0.15) is 21.5 Å². The SMILES string of the molecule is Cc1c(C(=O)OC(C)C)sc(NC(=O)c2ccccc2[N+](=O)[O-])c1C#N. The number of hydrogen-bond acceptors (Lipinski definition) is 7. The lowest BCUT2D eigenvalue weighted by Crippen LogP contribution is -2.13. The number of nitrogens with one attached hydrogen (secondary N) is 1. The number of carbonyl (C=O) groups excluding carboxylic acids is 2. The maximum atomic E-state index is 12.4. The van der Waals surface area contributed by atoms with E-state index in [-0.39, 0.29) is 32.8 Å². The van der Waals surface area contributed by atoms with E-state index in [0.29, 0.717) is 5.56 Å². The average molecular weight is 373 g/mol. The number of nitro benzene ring substituents is 1. The van der Waals surface area contributed by atoms with Crippen molar-refractivity contribution < 1.29 is 19.2 Å². The summed E-state index contributed by atoms with van der Waals surface area (Å²) in [5.41, 5.74) is 0.0219. The maximum Gasteiger partial charge on any atom is 0.348 e. The van der Waals surface area contributed by atoms with Gasteiger partial charge in [0.25, 0.3) is 11.6 Å². The van der Waals surface area contributed by atoms with E-state index in [9.17, 15) is 25.0 Å². The first kappa shape index (κ1) is 19.1. The number of thiophene rings is 1. The van der Waals surface area contributed by atoms with Gasteiger partial charge in [-0.3, -0.25) is 14.9 Å². The van der Waals surface area contributed by atoms with Gasteiger partial charge in [-0.2, -0.15) is 5.26 Å². The minimum atomic E-state index is -0.737. The third-order valence-corrected chi connectivity index (χ3v) is 4.55. The number of ether oxygens (including phenoxy) is 1. The van der Waals surface area contributed by atoms with E-state index < -0.39 is 16.8 Å². The van der Waals surface area contributed by atoms with Gasteiger partial charge in [0.15, 0.2) is 0 Å². The quantitative estimate of drug-likeness (QED) is 0.485. The molecular weight excluding hydrogens is 358 g/mol. The molecule has 0 aliphatic carbocycles. The molecule has 2 rings (SSSR count). The Bertz CT molecular complexity index is 927. The van der Waals surface area contributed by atoms with Crippen LogP contribution in [0.1, 0.15) is 45.0 Å². The van der Waals surface area contributed by atoms with Gasteiger partial charge < -0.3 is 10.1 Å². The zero-order valence-electron chi connectivity index (χ0n) is 14.2. The van der Waals surface area contributed by atoms with Gasteiger partial charge in [-0.15, -0.1) is 11.3 Å². The summed E-state index contributed by atoms with van der Waals surface area (Å²) < 4.78 is 5.13. The Balaban J connectivity index is 2.39. The van der Waals surface area contributed by atoms with Crippen LogP contribution >= 0.6 is 11.3 Å². The summed E-state index contributed by atoms with van der Waals surface area (Å²) in [6.07, 6.45) is -0.334. The lowest BCUT2D eigenvalue weighted by atomic mass is 10.1. The van der Waals surface area contributed by atoms with E-state index in [4.69, 9.17) is 4.74 Å². The Hall–Kier alpha value is -3.25. The van der Waals surface area contributed by atoms with E-state index in [2.05, 4.69) is 5.32 Å². The van der Waals surface area contributed by atoms with Gasteiger partial charge in [-0.1, -0.05) is 12.1 Å². The molecule has 0 bridgehead atoms. The fraction of sp³-hybridized carbons (Fsp3) is 0.235. The minimum Gasteiger partial charge on any atom is -0.459 e. The number of nitrogens with zero attached hydrogens (tertiary/aromatic N) is 2. The predicted octanol–water partition coefficient (Wildman–Crippen LogP) is 3.65. The molecule has 1 aromatic heterocycles. The monoisotopic (exact) mass is 373 g/mol. The Labute approximate surface area is 153 Å². The fourth-order valence-corrected chi connectivity index (χ4v) is 3.23. The highest BCUT2D eigenvalue weighted by Crippen LogP contribution is 2.34. The second-order valence-corrected chi connectivity index (χ2v) is 6.58. The summed E-state index contributed by atoms with van der Waals surface area (Å²) in [4.78, 5) is 35.2. The highest BCUT2D eigenvalue weighted by molar-refractivity contribution is 7.18. The number of nitriles is 1. The molecule has 0 atom stereocenters. The molecule has 1 heterocycles. The largest absolute Gasteiger partial charge is 0.459 e. The third-order valence-electron chi connectivity index (χ3n) is 3.36. The number of carbonyl (C=O) groups is 2. The molecule has 0 unspecified atom stereocenters. The second-order valence-electron chi connectivity index (χ2n) is 5.55. The van der Waals surface area contributed by atoms with Crippen LogP contribution in [0.5, 0.6) is 0 Å². The fourth-order valence-electron chi connectivity index (χ4n) is 2.19. The van der Waals surface area contributed by atoms with E-state index in [0.717, 1.165) is 11.3 Å². The van der Waals surface area contributed by atoms with Crippen LogP contribution in [-0.4, -0.2) is 22.9 Å². The van der Waals surface area contributed by atoms with Crippen LogP contribution in [0.4, 0.5) is 10.7 Å². The molecule has 0 spiro atoms. The van der Waals surface area contributed by atoms with Crippen LogP contribution in [0, 0.1) is 28.4 Å². The molecular formula is C17H15N3O5S. The Kier molecular flexibility index (Phi) is 5.69. The Morgan fingerprint density at radius 1 is 1.35 bits per heavy atom. The van der Waals surface area contributed by atoms with Crippen molar-refractivity contribution in [3.8, 4) is 6.07 Å². The summed E-state index contributed by atoms with van der Waals surface area (Å²) in [7, 11) is 0. The van der Waals surface area contributed by atoms with Gasteiger partial charge in [-0.05, 0) is 32.4 Å². The maximum absolute atomic E-state index is 12.4. The van der Waals surface area contributed by atoms with Crippen molar-refractivity contribution in [3.05, 3.63) is 55.9 Å². The van der Waals surface area contributed by atoms with Crippen molar-refractivity contribution in [2.75, 3.05) is 5.32 Å². The van der Waals surface area contributed by atoms with Crippen LogP contribution < -0.4 is 5.32 Å². The zero-order valence-corrected chi connectivity index (χ0v) is 15.0. The van der Waals surface area contributed by atoms with Gasteiger partial charge in [0, 0.05) is 6.07 Å². The lowest BCUT2D eigenvalue weighted by molar-refractivity contribution is -0.385. The van der Waals surface area contributed by atoms with Crippen LogP contribution in [0.3, 0.4) is 0 Å². The van der Waals surface area contributed by atoms with E-state index in [1.165, 1.54) is 24.3 Å². The van der Waals surface area contributed by atoms with Crippen LogP contribution in [0.2, 0.25) is 0 Å². The zero-order chi connectivity index (χ0) is 19.4. The minimum absolute atomic E-state index is 0.123. The molecule has 0 saturated heterocycles. The molecule has 8 nitrogen and oxygen atoms in total. The van der Waals surface area contributed by atoms with Gasteiger partial charge in [0.2, 0.25) is 0 Å². The molecule has 2 aromatic rings. The first-order valence-electron chi connectivity index (χ1n) is 7.55. The first-order chi connectivity index (χ1) is 12.3. The second kappa shape index (κ2) is 7.76. The number of hydrogen-bond donors (Lipinski definition) is 1. The molecule has 1 N–H and O–H groups in total. The molecule has 0 fully saturated rings. The standard InChI is InChI=1S/C17H15N3O5S/c1-9(2)25-17(22)14-10(3)12(8-18)16(26-14)19-15(21)11-6-4-5-7-13(11)20(23)24/h4-7,9H,1-3H3,(H,19,21). The van der Waals surface area contributed by atoms with E-state index in [1.807, 2.05) is 6.07 Å². The smallest absolute Gasteiger partial charge is 0.348 e. The molecule has 0 aliphatic heterocycles. The number of benzene rings is 1. The molecule has 9 heteroatoms. The molecule has 1 aromatic carbocycles. The van der Waals surface area contributed by atoms with Crippen LogP contribution in [0.25, 0.3) is 0 Å². The molecule has 1 amide bonds. The van der Waals surface area contributed by atoms with Gasteiger partial charge in [0.05, 0.1) is 16.6 Å². The van der Waals surface area contributed by atoms with Crippen LogP contribution in [-0.2, 0) is 4.74 Å². The first-order valence-corrected chi connectivity index (χ1v) is 8.37. The van der Waals surface area contributed by atoms with Gasteiger partial charge in [-0.25, -0.2) is 4.79 Å². The summed E-state index contributed by atoms with van der Waals surface area (Å²) >= 11 is 0.899. The van der Waals surface area contributed by atoms with Crippen molar-refractivity contribution >= 4 is 33.9 Å². The number of amides is 1. The molecule has 134 valence electrons. The van der Waals surface area contributed by atoms with Gasteiger partial charge >= 0.3 is 5.97 Å². The number of para-hydroxylation sites is 1. The average Bonchev–Trinajstić information content (AvgIpc) is 2.89. The Morgan fingerprint density at radius 2 is 2.00 bits per heavy atom. The normalized spacial score (nSPS) is 10.3. The molecule has 26 heavy (non-hydrogen) atoms. The number of rotatable bonds is 5. The highest BCUT2D eigenvalue weighted by Gasteiger charge is 2.25. The summed E-state index contributed by atoms with van der Waals surface area (Å²) in [5, 5.41) is 23.0. The van der Waals surface area contributed by atoms with Crippen molar-refractivity contribution in [1.29, 1.82) is 5.26 Å². The van der Waals surface area contributed by atoms with Crippen molar-refractivity contribution in [1.82, 2.24) is 0 Å². The molecule has 0 radical (unpaired) electrons. The van der Waals surface area contributed by atoms with Crippen molar-refractivity contribution in [2.45, 2.75) is 26.9 Å². The summed E-state index contributed by atoms with van der Waals surface area (Å²) in [6, 6.07) is 7.42. The van der Waals surface area contributed by atoms with Crippen molar-refractivity contribution in [2.24, 2.45) is 0 Å².